The summed E-state index contributed by atoms with van der Waals surface area (Å²) in [6.45, 7) is 4.55. The lowest BCUT2D eigenvalue weighted by molar-refractivity contribution is -0.138. The number of likely N-dealkylation sites (tertiary alicyclic amines) is 1. The molecule has 1 unspecified atom stereocenters. The number of nitrogens with zero attached hydrogens (tertiary/aromatic N) is 2. The minimum absolute atomic E-state index is 0.0277. The predicted molar refractivity (Wildman–Crippen MR) is 66.1 cm³/mol. The SMILES string of the molecule is CNCC1CN(CCN2C(=O)CCC2=O)CCO1. The van der Waals surface area contributed by atoms with Crippen LogP contribution in [0.2, 0.25) is 0 Å². The second kappa shape index (κ2) is 6.26. The van der Waals surface area contributed by atoms with E-state index in [2.05, 4.69) is 10.2 Å². The summed E-state index contributed by atoms with van der Waals surface area (Å²) >= 11 is 0. The fourth-order valence-corrected chi connectivity index (χ4v) is 2.45. The lowest BCUT2D eigenvalue weighted by Gasteiger charge is -2.33. The second-order valence-corrected chi connectivity index (χ2v) is 4.79. The first kappa shape index (κ1) is 13.5. The van der Waals surface area contributed by atoms with Gasteiger partial charge in [0.1, 0.15) is 0 Å². The number of ether oxygens (including phenoxy) is 1. The number of carbonyl (C=O) groups excluding carboxylic acids is 2. The van der Waals surface area contributed by atoms with Gasteiger partial charge in [-0.1, -0.05) is 0 Å². The summed E-state index contributed by atoms with van der Waals surface area (Å²) in [5.41, 5.74) is 0. The van der Waals surface area contributed by atoms with Gasteiger partial charge in [0.05, 0.1) is 12.7 Å². The Morgan fingerprint density at radius 2 is 2.00 bits per heavy atom. The van der Waals surface area contributed by atoms with Crippen molar-refractivity contribution in [3.63, 3.8) is 0 Å². The summed E-state index contributed by atoms with van der Waals surface area (Å²) in [4.78, 5) is 26.6. The van der Waals surface area contributed by atoms with Gasteiger partial charge in [-0.25, -0.2) is 0 Å². The first-order chi connectivity index (χ1) is 8.70. The third-order valence-electron chi connectivity index (χ3n) is 3.45. The molecular formula is C12H21N3O3. The van der Waals surface area contributed by atoms with Crippen molar-refractivity contribution >= 4 is 11.8 Å². The smallest absolute Gasteiger partial charge is 0.229 e. The number of rotatable bonds is 5. The molecule has 0 bridgehead atoms. The van der Waals surface area contributed by atoms with Crippen LogP contribution in [0.5, 0.6) is 0 Å². The van der Waals surface area contributed by atoms with Crippen LogP contribution in [0.25, 0.3) is 0 Å². The second-order valence-electron chi connectivity index (χ2n) is 4.79. The van der Waals surface area contributed by atoms with Crippen molar-refractivity contribution in [2.24, 2.45) is 0 Å². The zero-order valence-electron chi connectivity index (χ0n) is 10.9. The number of hydrogen-bond donors (Lipinski definition) is 1. The van der Waals surface area contributed by atoms with E-state index >= 15 is 0 Å². The van der Waals surface area contributed by atoms with E-state index in [1.54, 1.807) is 0 Å². The largest absolute Gasteiger partial charge is 0.374 e. The molecule has 6 heteroatoms. The van der Waals surface area contributed by atoms with E-state index in [9.17, 15) is 9.59 Å². The third-order valence-corrected chi connectivity index (χ3v) is 3.45. The molecule has 2 saturated heterocycles. The van der Waals surface area contributed by atoms with Crippen molar-refractivity contribution in [1.82, 2.24) is 15.1 Å². The number of morpholine rings is 1. The van der Waals surface area contributed by atoms with Crippen LogP contribution >= 0.6 is 0 Å². The van der Waals surface area contributed by atoms with Gasteiger partial charge in [0.25, 0.3) is 0 Å². The summed E-state index contributed by atoms with van der Waals surface area (Å²) < 4.78 is 5.61. The zero-order valence-corrected chi connectivity index (χ0v) is 10.9. The van der Waals surface area contributed by atoms with Gasteiger partial charge in [-0.15, -0.1) is 0 Å². The number of imide groups is 1. The average Bonchev–Trinajstić information content (AvgIpc) is 2.68. The third kappa shape index (κ3) is 3.28. The molecule has 0 radical (unpaired) electrons. The Hall–Kier alpha value is -0.980. The number of carbonyl (C=O) groups is 2. The first-order valence-corrected chi connectivity index (χ1v) is 6.52. The Bertz CT molecular complexity index is 304. The monoisotopic (exact) mass is 255 g/mol. The summed E-state index contributed by atoms with van der Waals surface area (Å²) in [5.74, 6) is -0.0555. The van der Waals surface area contributed by atoms with Gasteiger partial charge in [-0.2, -0.15) is 0 Å². The van der Waals surface area contributed by atoms with Gasteiger partial charge >= 0.3 is 0 Å². The zero-order chi connectivity index (χ0) is 13.0. The molecular weight excluding hydrogens is 234 g/mol. The molecule has 2 aliphatic rings. The van der Waals surface area contributed by atoms with E-state index in [1.165, 1.54) is 4.90 Å². The minimum Gasteiger partial charge on any atom is -0.374 e. The molecule has 1 N–H and O–H groups in total. The van der Waals surface area contributed by atoms with Crippen LogP contribution in [0.15, 0.2) is 0 Å². The maximum Gasteiger partial charge on any atom is 0.229 e. The minimum atomic E-state index is -0.0277. The van der Waals surface area contributed by atoms with Gasteiger partial charge < -0.3 is 10.1 Å². The van der Waals surface area contributed by atoms with Crippen molar-refractivity contribution < 1.29 is 14.3 Å². The highest BCUT2D eigenvalue weighted by Crippen LogP contribution is 2.12. The van der Waals surface area contributed by atoms with Gasteiger partial charge in [-0.05, 0) is 7.05 Å². The number of hydrogen-bond acceptors (Lipinski definition) is 5. The number of amides is 2. The van der Waals surface area contributed by atoms with Gasteiger partial charge in [0.15, 0.2) is 0 Å². The molecule has 0 aromatic rings. The van der Waals surface area contributed by atoms with Crippen LogP contribution in [0.3, 0.4) is 0 Å². The Kier molecular flexibility index (Phi) is 4.68. The number of nitrogens with one attached hydrogen (secondary N) is 1. The van der Waals surface area contributed by atoms with E-state index in [-0.39, 0.29) is 17.9 Å². The number of likely N-dealkylation sites (N-methyl/N-ethyl adjacent to an activating group) is 1. The fourth-order valence-electron chi connectivity index (χ4n) is 2.45. The molecule has 6 nitrogen and oxygen atoms in total. The molecule has 2 fully saturated rings. The molecule has 1 atom stereocenters. The molecule has 0 saturated carbocycles. The Balaban J connectivity index is 1.76. The van der Waals surface area contributed by atoms with E-state index in [4.69, 9.17) is 4.74 Å². The molecule has 2 amide bonds. The maximum absolute atomic E-state index is 11.5. The summed E-state index contributed by atoms with van der Waals surface area (Å²) in [6.07, 6.45) is 0.961. The van der Waals surface area contributed by atoms with Crippen molar-refractivity contribution in [3.8, 4) is 0 Å². The summed E-state index contributed by atoms with van der Waals surface area (Å²) in [7, 11) is 1.91. The molecule has 0 aliphatic carbocycles. The predicted octanol–water partition coefficient (Wildman–Crippen LogP) is -0.944. The highest BCUT2D eigenvalue weighted by atomic mass is 16.5. The molecule has 2 aliphatic heterocycles. The van der Waals surface area contributed by atoms with E-state index < -0.39 is 0 Å². The highest BCUT2D eigenvalue weighted by molar-refractivity contribution is 6.01. The van der Waals surface area contributed by atoms with Gasteiger partial charge in [0, 0.05) is 45.6 Å². The van der Waals surface area contributed by atoms with Crippen LogP contribution in [-0.2, 0) is 14.3 Å². The highest BCUT2D eigenvalue weighted by Gasteiger charge is 2.29. The molecule has 18 heavy (non-hydrogen) atoms. The van der Waals surface area contributed by atoms with E-state index in [0.717, 1.165) is 26.2 Å². The summed E-state index contributed by atoms with van der Waals surface area (Å²) in [5, 5.41) is 3.10. The van der Waals surface area contributed by atoms with Crippen molar-refractivity contribution in [1.29, 1.82) is 0 Å². The standard InChI is InChI=1S/C12H21N3O3/c1-13-8-10-9-14(6-7-18-10)4-5-15-11(16)2-3-12(15)17/h10,13H,2-9H2,1H3. The van der Waals surface area contributed by atoms with Crippen molar-refractivity contribution in [3.05, 3.63) is 0 Å². The van der Waals surface area contributed by atoms with Crippen LogP contribution in [0.1, 0.15) is 12.8 Å². The van der Waals surface area contributed by atoms with Crippen LogP contribution in [-0.4, -0.2) is 74.1 Å². The van der Waals surface area contributed by atoms with Crippen LogP contribution in [0, 0.1) is 0 Å². The Labute approximate surface area is 107 Å². The quantitative estimate of drug-likeness (QED) is 0.642. The van der Waals surface area contributed by atoms with Crippen LogP contribution in [0.4, 0.5) is 0 Å². The van der Waals surface area contributed by atoms with E-state index in [1.807, 2.05) is 7.05 Å². The molecule has 2 heterocycles. The molecule has 0 aromatic carbocycles. The Morgan fingerprint density at radius 3 is 2.67 bits per heavy atom. The molecule has 2 rings (SSSR count). The topological polar surface area (TPSA) is 61.9 Å². The summed E-state index contributed by atoms with van der Waals surface area (Å²) in [6, 6.07) is 0. The normalized spacial score (nSPS) is 26.1. The maximum atomic E-state index is 11.5. The molecule has 102 valence electrons. The molecule has 0 aromatic heterocycles. The van der Waals surface area contributed by atoms with Crippen molar-refractivity contribution in [2.45, 2.75) is 18.9 Å². The fraction of sp³-hybridized carbons (Fsp3) is 0.833. The van der Waals surface area contributed by atoms with Crippen LogP contribution < -0.4 is 5.32 Å². The average molecular weight is 255 g/mol. The molecule has 0 spiro atoms. The van der Waals surface area contributed by atoms with Gasteiger partial charge in [0.2, 0.25) is 11.8 Å². The van der Waals surface area contributed by atoms with Gasteiger partial charge in [-0.3, -0.25) is 19.4 Å². The Morgan fingerprint density at radius 1 is 1.28 bits per heavy atom. The van der Waals surface area contributed by atoms with Crippen molar-refractivity contribution in [2.75, 3.05) is 46.4 Å². The lowest BCUT2D eigenvalue weighted by Crippen LogP contribution is -2.48. The lowest BCUT2D eigenvalue weighted by atomic mass is 10.2. The van der Waals surface area contributed by atoms with E-state index in [0.29, 0.717) is 26.0 Å². The first-order valence-electron chi connectivity index (χ1n) is 6.52.